The Morgan fingerprint density at radius 3 is 2.67 bits per heavy atom. The number of benzene rings is 1. The summed E-state index contributed by atoms with van der Waals surface area (Å²) < 4.78 is 6.68. The van der Waals surface area contributed by atoms with Gasteiger partial charge in [-0.2, -0.15) is 0 Å². The minimum absolute atomic E-state index is 0.0223. The monoisotopic (exact) mass is 500 g/mol. The smallest absolute Gasteiger partial charge is 0.255 e. The van der Waals surface area contributed by atoms with Crippen LogP contribution in [0.25, 0.3) is 0 Å². The molecule has 1 aromatic rings. The predicted molar refractivity (Wildman–Crippen MR) is 113 cm³/mol. The van der Waals surface area contributed by atoms with Crippen LogP contribution in [0.1, 0.15) is 28.8 Å². The summed E-state index contributed by atoms with van der Waals surface area (Å²) in [5.41, 5.74) is 1.59. The van der Waals surface area contributed by atoms with Gasteiger partial charge in [-0.3, -0.25) is 19.3 Å². The number of carbonyl (C=O) groups excluding carboxylic acids is 3. The molecule has 1 unspecified atom stereocenters. The Morgan fingerprint density at radius 1 is 1.22 bits per heavy atom. The average Bonchev–Trinajstić information content (AvgIpc) is 2.89. The Morgan fingerprint density at radius 2 is 1.96 bits per heavy atom. The largest absolute Gasteiger partial charge is 0.361 e. The first kappa shape index (κ1) is 20.5. The standard InChI is InChI=1S/C19H25IN2O4Si/c1-27(2,3)9-8-26-12-22-17(23)7-6-16(19(22)25)21-11-13-10-14(20)4-5-15(13)18(21)24/h4-5,10,16H,6-9,11-12H2,1-3H3. The van der Waals surface area contributed by atoms with Gasteiger partial charge in [-0.05, 0) is 58.8 Å². The number of ether oxygens (including phenoxy) is 1. The Balaban J connectivity index is 1.66. The second-order valence-electron chi connectivity index (χ2n) is 8.30. The second kappa shape index (κ2) is 8.00. The van der Waals surface area contributed by atoms with Crippen LogP contribution in [-0.4, -0.2) is 55.0 Å². The molecule has 1 aromatic carbocycles. The van der Waals surface area contributed by atoms with Gasteiger partial charge in [-0.15, -0.1) is 0 Å². The number of piperidine rings is 1. The number of nitrogens with zero attached hydrogens (tertiary/aromatic N) is 2. The maximum Gasteiger partial charge on any atom is 0.255 e. The lowest BCUT2D eigenvalue weighted by Gasteiger charge is -2.35. The highest BCUT2D eigenvalue weighted by molar-refractivity contribution is 14.1. The van der Waals surface area contributed by atoms with Crippen LogP contribution >= 0.6 is 22.6 Å². The molecular weight excluding hydrogens is 475 g/mol. The van der Waals surface area contributed by atoms with E-state index in [2.05, 4.69) is 42.2 Å². The highest BCUT2D eigenvalue weighted by Crippen LogP contribution is 2.30. The van der Waals surface area contributed by atoms with Crippen LogP contribution in [0.3, 0.4) is 0 Å². The molecule has 2 heterocycles. The maximum absolute atomic E-state index is 12.9. The van der Waals surface area contributed by atoms with Crippen molar-refractivity contribution < 1.29 is 19.1 Å². The van der Waals surface area contributed by atoms with Gasteiger partial charge in [-0.1, -0.05) is 19.6 Å². The summed E-state index contributed by atoms with van der Waals surface area (Å²) in [5.74, 6) is -0.674. The van der Waals surface area contributed by atoms with E-state index in [-0.39, 0.29) is 30.9 Å². The summed E-state index contributed by atoms with van der Waals surface area (Å²) >= 11 is 2.21. The minimum Gasteiger partial charge on any atom is -0.361 e. The van der Waals surface area contributed by atoms with E-state index in [0.29, 0.717) is 25.1 Å². The van der Waals surface area contributed by atoms with Gasteiger partial charge in [0.15, 0.2) is 0 Å². The van der Waals surface area contributed by atoms with Crippen molar-refractivity contribution in [2.75, 3.05) is 13.3 Å². The Labute approximate surface area is 174 Å². The van der Waals surface area contributed by atoms with Crippen molar-refractivity contribution in [2.45, 2.75) is 51.1 Å². The van der Waals surface area contributed by atoms with E-state index in [1.807, 2.05) is 18.2 Å². The number of carbonyl (C=O) groups is 3. The molecule has 8 heteroatoms. The van der Waals surface area contributed by atoms with Crippen molar-refractivity contribution in [1.82, 2.24) is 9.80 Å². The number of amides is 3. The van der Waals surface area contributed by atoms with Gasteiger partial charge >= 0.3 is 0 Å². The summed E-state index contributed by atoms with van der Waals surface area (Å²) in [6.07, 6.45) is 0.630. The zero-order valence-corrected chi connectivity index (χ0v) is 19.1. The fourth-order valence-electron chi connectivity index (χ4n) is 3.34. The number of hydrogen-bond acceptors (Lipinski definition) is 4. The molecule has 0 aromatic heterocycles. The third-order valence-corrected chi connectivity index (χ3v) is 7.35. The number of halogens is 1. The summed E-state index contributed by atoms with van der Waals surface area (Å²) in [6.45, 7) is 7.69. The van der Waals surface area contributed by atoms with E-state index < -0.39 is 14.1 Å². The van der Waals surface area contributed by atoms with Gasteiger partial charge in [0, 0.05) is 36.8 Å². The van der Waals surface area contributed by atoms with Crippen LogP contribution in [0.5, 0.6) is 0 Å². The van der Waals surface area contributed by atoms with E-state index in [1.165, 1.54) is 4.90 Å². The number of imide groups is 1. The normalized spacial score (nSPS) is 20.4. The van der Waals surface area contributed by atoms with Crippen LogP contribution in [0.4, 0.5) is 0 Å². The molecular formula is C19H25IN2O4Si. The van der Waals surface area contributed by atoms with Gasteiger partial charge in [0.2, 0.25) is 5.91 Å². The van der Waals surface area contributed by atoms with Gasteiger partial charge in [-0.25, -0.2) is 0 Å². The summed E-state index contributed by atoms with van der Waals surface area (Å²) in [5, 5.41) is 0. The highest BCUT2D eigenvalue weighted by atomic mass is 127. The molecule has 146 valence electrons. The summed E-state index contributed by atoms with van der Waals surface area (Å²) in [6, 6.07) is 6.07. The molecule has 0 radical (unpaired) electrons. The van der Waals surface area contributed by atoms with E-state index in [1.54, 1.807) is 4.90 Å². The Hall–Kier alpha value is -1.26. The SMILES string of the molecule is C[Si](C)(C)CCOCN1C(=O)CCC(N2Cc3cc(I)ccc3C2=O)C1=O. The molecule has 3 rings (SSSR count). The molecule has 27 heavy (non-hydrogen) atoms. The third kappa shape index (κ3) is 4.60. The van der Waals surface area contributed by atoms with Gasteiger partial charge in [0.05, 0.1) is 0 Å². The Bertz CT molecular complexity index is 777. The first-order valence-corrected chi connectivity index (χ1v) is 14.0. The molecule has 0 N–H and O–H groups in total. The van der Waals surface area contributed by atoms with Crippen LogP contribution in [0, 0.1) is 3.57 Å². The molecule has 1 fully saturated rings. The molecule has 2 aliphatic heterocycles. The highest BCUT2D eigenvalue weighted by Gasteiger charge is 2.42. The summed E-state index contributed by atoms with van der Waals surface area (Å²) in [4.78, 5) is 40.7. The zero-order chi connectivity index (χ0) is 19.8. The molecule has 0 saturated carbocycles. The number of likely N-dealkylation sites (tertiary alicyclic amines) is 1. The quantitative estimate of drug-likeness (QED) is 0.261. The van der Waals surface area contributed by atoms with Gasteiger partial charge < -0.3 is 9.64 Å². The van der Waals surface area contributed by atoms with Crippen molar-refractivity contribution in [3.05, 3.63) is 32.9 Å². The van der Waals surface area contributed by atoms with Gasteiger partial charge in [0.25, 0.3) is 11.8 Å². The molecule has 1 saturated heterocycles. The minimum atomic E-state index is -1.23. The zero-order valence-electron chi connectivity index (χ0n) is 16.0. The molecule has 2 aliphatic rings. The predicted octanol–water partition coefficient (Wildman–Crippen LogP) is 3.08. The second-order valence-corrected chi connectivity index (χ2v) is 15.2. The number of fused-ring (bicyclic) bond motifs is 1. The van der Waals surface area contributed by atoms with Gasteiger partial charge in [0.1, 0.15) is 12.8 Å². The molecule has 0 spiro atoms. The Kier molecular flexibility index (Phi) is 6.07. The lowest BCUT2D eigenvalue weighted by atomic mass is 10.0. The summed E-state index contributed by atoms with van der Waals surface area (Å²) in [7, 11) is -1.23. The first-order chi connectivity index (χ1) is 12.7. The average molecular weight is 500 g/mol. The van der Waals surface area contributed by atoms with Crippen LogP contribution in [-0.2, 0) is 20.9 Å². The fourth-order valence-corrected chi connectivity index (χ4v) is 4.66. The van der Waals surface area contributed by atoms with E-state index in [0.717, 1.165) is 15.2 Å². The van der Waals surface area contributed by atoms with Crippen molar-refractivity contribution in [3.8, 4) is 0 Å². The molecule has 1 atom stereocenters. The molecule has 6 nitrogen and oxygen atoms in total. The number of rotatable bonds is 6. The van der Waals surface area contributed by atoms with Crippen LogP contribution in [0.2, 0.25) is 25.7 Å². The molecule has 0 bridgehead atoms. The van der Waals surface area contributed by atoms with Crippen molar-refractivity contribution in [1.29, 1.82) is 0 Å². The van der Waals surface area contributed by atoms with Crippen molar-refractivity contribution in [3.63, 3.8) is 0 Å². The first-order valence-electron chi connectivity index (χ1n) is 9.19. The topological polar surface area (TPSA) is 66.9 Å². The van der Waals surface area contributed by atoms with E-state index in [9.17, 15) is 14.4 Å². The fraction of sp³-hybridized carbons (Fsp3) is 0.526. The lowest BCUT2D eigenvalue weighted by Crippen LogP contribution is -2.55. The lowest BCUT2D eigenvalue weighted by molar-refractivity contribution is -0.158. The van der Waals surface area contributed by atoms with Crippen LogP contribution < -0.4 is 0 Å². The number of hydrogen-bond donors (Lipinski definition) is 0. The van der Waals surface area contributed by atoms with Crippen molar-refractivity contribution >= 4 is 48.4 Å². The molecule has 0 aliphatic carbocycles. The van der Waals surface area contributed by atoms with Crippen LogP contribution in [0.15, 0.2) is 18.2 Å². The molecule has 3 amide bonds. The third-order valence-electron chi connectivity index (χ3n) is 4.98. The van der Waals surface area contributed by atoms with E-state index >= 15 is 0 Å². The van der Waals surface area contributed by atoms with E-state index in [4.69, 9.17) is 4.74 Å². The maximum atomic E-state index is 12.9. The van der Waals surface area contributed by atoms with Crippen molar-refractivity contribution in [2.24, 2.45) is 0 Å².